The van der Waals surface area contributed by atoms with Crippen LogP contribution in [0.5, 0.6) is 0 Å². The van der Waals surface area contributed by atoms with Crippen molar-refractivity contribution >= 4 is 75.3 Å². The van der Waals surface area contributed by atoms with Gasteiger partial charge in [-0.1, -0.05) is 78.7 Å². The first kappa shape index (κ1) is 31.1. The van der Waals surface area contributed by atoms with Gasteiger partial charge in [-0.25, -0.2) is 4.79 Å². The van der Waals surface area contributed by atoms with Crippen LogP contribution in [0.25, 0.3) is 10.8 Å². The molecule has 0 saturated carbocycles. The molecule has 10 heteroatoms. The molecule has 0 aliphatic carbocycles. The summed E-state index contributed by atoms with van der Waals surface area (Å²) in [5.41, 5.74) is 10.9. The average molecular weight is 631 g/mol. The van der Waals surface area contributed by atoms with Crippen LogP contribution in [0.2, 0.25) is 0 Å². The van der Waals surface area contributed by atoms with Gasteiger partial charge in [-0.05, 0) is 69.8 Å². The average Bonchev–Trinajstić information content (AvgIpc) is 3.48. The highest BCUT2D eigenvalue weighted by atomic mass is 33.1. The molecule has 0 aromatic heterocycles. The molecule has 1 atom stereocenters. The number of carbonyl (C=O) groups is 2. The van der Waals surface area contributed by atoms with Crippen molar-refractivity contribution in [2.24, 2.45) is 10.7 Å². The first-order valence-electron chi connectivity index (χ1n) is 14.2. The number of rotatable bonds is 13. The van der Waals surface area contributed by atoms with Crippen LogP contribution in [0.4, 0.5) is 16.2 Å². The van der Waals surface area contributed by atoms with Crippen molar-refractivity contribution < 1.29 is 14.3 Å². The molecule has 0 bridgehead atoms. The summed E-state index contributed by atoms with van der Waals surface area (Å²) >= 11 is 0. The Morgan fingerprint density at radius 2 is 1.77 bits per heavy atom. The Balaban J connectivity index is 1.15. The molecule has 4 aromatic rings. The Hall–Kier alpha value is -3.36. The fourth-order valence-corrected chi connectivity index (χ4v) is 7.35. The summed E-state index contributed by atoms with van der Waals surface area (Å²) in [5.74, 6) is 1.56. The second-order valence-electron chi connectivity index (χ2n) is 9.98. The van der Waals surface area contributed by atoms with Crippen LogP contribution in [-0.4, -0.2) is 62.1 Å². The van der Waals surface area contributed by atoms with E-state index < -0.39 is 0 Å². The second-order valence-corrected chi connectivity index (χ2v) is 14.1. The van der Waals surface area contributed by atoms with E-state index in [2.05, 4.69) is 35.6 Å². The van der Waals surface area contributed by atoms with Gasteiger partial charge in [0.25, 0.3) is 5.91 Å². The number of nitrogens with zero attached hydrogens (tertiary/aromatic N) is 2. The minimum Gasteiger partial charge on any atom is -0.448 e. The van der Waals surface area contributed by atoms with Gasteiger partial charge in [0.1, 0.15) is 6.61 Å². The first-order valence-corrected chi connectivity index (χ1v) is 17.9. The highest BCUT2D eigenvalue weighted by Gasteiger charge is 2.19. The summed E-state index contributed by atoms with van der Waals surface area (Å²) in [6.45, 7) is 1.64. The smallest absolute Gasteiger partial charge is 0.414 e. The van der Waals surface area contributed by atoms with E-state index >= 15 is 0 Å². The molecule has 1 aliphatic rings. The number of anilines is 1. The third kappa shape index (κ3) is 8.39. The minimum atomic E-state index is -0.376. The summed E-state index contributed by atoms with van der Waals surface area (Å²) in [5, 5.41) is 6.45. The number of ether oxygens (including phenoxy) is 1. The molecule has 222 valence electrons. The van der Waals surface area contributed by atoms with Crippen LogP contribution in [-0.2, 0) is 11.2 Å². The number of benzene rings is 4. The molecule has 1 unspecified atom stereocenters. The Morgan fingerprint density at radius 3 is 2.60 bits per heavy atom. The van der Waals surface area contributed by atoms with Crippen molar-refractivity contribution in [1.29, 1.82) is 0 Å². The Labute approximate surface area is 262 Å². The Morgan fingerprint density at radius 1 is 0.977 bits per heavy atom. The monoisotopic (exact) mass is 630 g/mol. The van der Waals surface area contributed by atoms with E-state index in [0.29, 0.717) is 40.3 Å². The third-order valence-corrected chi connectivity index (χ3v) is 10.6. The quantitative estimate of drug-likeness (QED) is 0.104. The van der Waals surface area contributed by atoms with Gasteiger partial charge in [-0.3, -0.25) is 14.7 Å². The third-order valence-electron chi connectivity index (χ3n) is 6.96. The maximum atomic E-state index is 12.8. The minimum absolute atomic E-state index is 0.0510. The lowest BCUT2D eigenvalue weighted by Gasteiger charge is -2.17. The van der Waals surface area contributed by atoms with Crippen LogP contribution in [0.15, 0.2) is 89.9 Å². The zero-order valence-electron chi connectivity index (χ0n) is 24.0. The number of hydrogen-bond acceptors (Lipinski definition) is 7. The normalized spacial score (nSPS) is 12.4. The molecule has 0 radical (unpaired) electrons. The maximum absolute atomic E-state index is 12.8. The van der Waals surface area contributed by atoms with E-state index in [0.717, 1.165) is 56.7 Å². The highest BCUT2D eigenvalue weighted by molar-refractivity contribution is 8.76. The van der Waals surface area contributed by atoms with E-state index in [-0.39, 0.29) is 12.0 Å². The SMILES string of the molecule is CN(C(=O)OCCSSCCN)c1ccc2cc(C3=Nc4ccc(C(=O)NCCPc5ccccc5)cc4C3)ccc2c1. The predicted octanol–water partition coefficient (Wildman–Crippen LogP) is 6.16. The highest BCUT2D eigenvalue weighted by Crippen LogP contribution is 2.31. The van der Waals surface area contributed by atoms with Crippen molar-refractivity contribution in [3.63, 3.8) is 0 Å². The fraction of sp³-hybridized carbons (Fsp3) is 0.242. The van der Waals surface area contributed by atoms with E-state index in [1.807, 2.05) is 54.6 Å². The standard InChI is InChI=1S/C33H35N4O3PS2/c1-37(33(39)40-15-18-43-42-17-13-34)28-11-9-23-19-25(8-7-24(23)21-28)31-22-27-20-26(10-12-30(27)36-31)32(38)35-14-16-41-29-5-3-2-4-6-29/h2-12,19-21,41H,13-18,22,34H2,1H3,(H,35,38). The number of fused-ring (bicyclic) bond motifs is 2. The molecule has 5 rings (SSSR count). The largest absolute Gasteiger partial charge is 0.448 e. The van der Waals surface area contributed by atoms with Crippen molar-refractivity contribution in [1.82, 2.24) is 5.32 Å². The maximum Gasteiger partial charge on any atom is 0.414 e. The lowest BCUT2D eigenvalue weighted by molar-refractivity contribution is 0.0956. The molecule has 2 amide bonds. The van der Waals surface area contributed by atoms with Crippen molar-refractivity contribution in [3.05, 3.63) is 102 Å². The lowest BCUT2D eigenvalue weighted by Crippen LogP contribution is -2.27. The molecular formula is C33H35N4O3PS2. The number of amides is 2. The molecule has 1 heterocycles. The van der Waals surface area contributed by atoms with Gasteiger partial charge in [0, 0.05) is 49.3 Å². The molecule has 0 saturated heterocycles. The second kappa shape index (κ2) is 15.4. The molecular weight excluding hydrogens is 595 g/mol. The van der Waals surface area contributed by atoms with Crippen LogP contribution in [0.3, 0.4) is 0 Å². The molecule has 0 fully saturated rings. The molecule has 1 aliphatic heterocycles. The first-order chi connectivity index (χ1) is 21.0. The Kier molecular flexibility index (Phi) is 11.1. The van der Waals surface area contributed by atoms with E-state index in [1.54, 1.807) is 28.6 Å². The summed E-state index contributed by atoms with van der Waals surface area (Å²) in [6, 6.07) is 28.3. The molecule has 0 spiro atoms. The van der Waals surface area contributed by atoms with Gasteiger partial charge in [-0.2, -0.15) is 0 Å². The predicted molar refractivity (Wildman–Crippen MR) is 186 cm³/mol. The van der Waals surface area contributed by atoms with Gasteiger partial charge in [0.05, 0.1) is 11.4 Å². The van der Waals surface area contributed by atoms with Crippen LogP contribution >= 0.6 is 30.2 Å². The van der Waals surface area contributed by atoms with E-state index in [9.17, 15) is 9.59 Å². The number of nitrogens with one attached hydrogen (secondary N) is 1. The van der Waals surface area contributed by atoms with Gasteiger partial charge >= 0.3 is 6.09 Å². The Bertz CT molecular complexity index is 1620. The number of aliphatic imine (C=N–C) groups is 1. The van der Waals surface area contributed by atoms with Crippen LogP contribution in [0.1, 0.15) is 21.5 Å². The topological polar surface area (TPSA) is 97.0 Å². The van der Waals surface area contributed by atoms with Gasteiger partial charge in [0.2, 0.25) is 0 Å². The zero-order chi connectivity index (χ0) is 30.0. The van der Waals surface area contributed by atoms with Crippen LogP contribution < -0.4 is 21.3 Å². The summed E-state index contributed by atoms with van der Waals surface area (Å²) in [4.78, 5) is 31.7. The summed E-state index contributed by atoms with van der Waals surface area (Å²) in [6.07, 6.45) is 1.22. The molecule has 3 N–H and O–H groups in total. The molecule has 43 heavy (non-hydrogen) atoms. The van der Waals surface area contributed by atoms with Crippen molar-refractivity contribution in [2.45, 2.75) is 6.42 Å². The van der Waals surface area contributed by atoms with E-state index in [4.69, 9.17) is 15.5 Å². The summed E-state index contributed by atoms with van der Waals surface area (Å²) in [7, 11) is 5.74. The number of carbonyl (C=O) groups excluding carboxylic acids is 2. The van der Waals surface area contributed by atoms with Crippen LogP contribution in [0, 0.1) is 0 Å². The van der Waals surface area contributed by atoms with Gasteiger partial charge in [-0.15, -0.1) is 0 Å². The zero-order valence-corrected chi connectivity index (χ0v) is 26.7. The summed E-state index contributed by atoms with van der Waals surface area (Å²) < 4.78 is 5.41. The molecule has 7 nitrogen and oxygen atoms in total. The van der Waals surface area contributed by atoms with Gasteiger partial charge in [0.15, 0.2) is 0 Å². The fourth-order valence-electron chi connectivity index (χ4n) is 4.70. The lowest BCUT2D eigenvalue weighted by atomic mass is 9.99. The number of nitrogens with two attached hydrogens (primary N) is 1. The number of hydrogen-bond donors (Lipinski definition) is 2. The van der Waals surface area contributed by atoms with Crippen molar-refractivity contribution in [2.75, 3.05) is 49.3 Å². The van der Waals surface area contributed by atoms with E-state index in [1.165, 1.54) is 10.2 Å². The molecule has 4 aromatic carbocycles. The van der Waals surface area contributed by atoms with Crippen molar-refractivity contribution in [3.8, 4) is 0 Å². The van der Waals surface area contributed by atoms with Gasteiger partial charge < -0.3 is 15.8 Å².